The van der Waals surface area contributed by atoms with Gasteiger partial charge in [0.15, 0.2) is 6.61 Å². The minimum Gasteiger partial charge on any atom is -0.468 e. The lowest BCUT2D eigenvalue weighted by atomic mass is 10.0. The van der Waals surface area contributed by atoms with E-state index in [1.807, 2.05) is 32.0 Å². The first-order valence-electron chi connectivity index (χ1n) is 11.0. The van der Waals surface area contributed by atoms with Gasteiger partial charge in [0.05, 0.1) is 23.3 Å². The Morgan fingerprint density at radius 3 is 2.32 bits per heavy atom. The maximum absolute atomic E-state index is 12.7. The Balaban J connectivity index is 1.68. The number of para-hydroxylation sites is 1. The van der Waals surface area contributed by atoms with Gasteiger partial charge < -0.3 is 14.5 Å². The molecule has 0 saturated heterocycles. The first-order valence-corrected chi connectivity index (χ1v) is 12.4. The molecular formula is C25H28N2O6S. The highest BCUT2D eigenvalue weighted by atomic mass is 32.2. The highest BCUT2D eigenvalue weighted by molar-refractivity contribution is 7.89. The third-order valence-corrected chi connectivity index (χ3v) is 6.75. The van der Waals surface area contributed by atoms with E-state index in [-0.39, 0.29) is 17.0 Å². The lowest BCUT2D eigenvalue weighted by molar-refractivity contribution is -0.119. The fourth-order valence-electron chi connectivity index (χ4n) is 3.44. The van der Waals surface area contributed by atoms with Crippen LogP contribution in [0.2, 0.25) is 0 Å². The van der Waals surface area contributed by atoms with Gasteiger partial charge in [-0.25, -0.2) is 17.9 Å². The van der Waals surface area contributed by atoms with Crippen molar-refractivity contribution < 1.29 is 27.2 Å². The van der Waals surface area contributed by atoms with E-state index in [1.165, 1.54) is 24.5 Å². The predicted octanol–water partition coefficient (Wildman–Crippen LogP) is 3.99. The van der Waals surface area contributed by atoms with E-state index < -0.39 is 28.5 Å². The monoisotopic (exact) mass is 484 g/mol. The van der Waals surface area contributed by atoms with Crippen LogP contribution >= 0.6 is 0 Å². The molecule has 3 rings (SSSR count). The third kappa shape index (κ3) is 6.12. The molecule has 8 nitrogen and oxygen atoms in total. The molecule has 0 aliphatic carbocycles. The van der Waals surface area contributed by atoms with E-state index in [4.69, 9.17) is 9.15 Å². The minimum absolute atomic E-state index is 0.0257. The van der Waals surface area contributed by atoms with E-state index in [0.717, 1.165) is 29.7 Å². The van der Waals surface area contributed by atoms with Crippen LogP contribution in [0.1, 0.15) is 46.7 Å². The van der Waals surface area contributed by atoms with Crippen LogP contribution in [0.5, 0.6) is 0 Å². The molecule has 0 fully saturated rings. The Bertz CT molecular complexity index is 1240. The number of carbonyl (C=O) groups is 2. The molecule has 0 bridgehead atoms. The van der Waals surface area contributed by atoms with Gasteiger partial charge in [0.2, 0.25) is 10.0 Å². The van der Waals surface area contributed by atoms with E-state index in [1.54, 1.807) is 19.1 Å². The number of furan rings is 1. The third-order valence-electron chi connectivity index (χ3n) is 5.35. The molecule has 0 unspecified atom stereocenters. The lowest BCUT2D eigenvalue weighted by Crippen LogP contribution is -2.24. The molecule has 2 aromatic carbocycles. The number of nitrogens with one attached hydrogen (secondary N) is 2. The maximum Gasteiger partial charge on any atom is 0.338 e. The van der Waals surface area contributed by atoms with Crippen molar-refractivity contribution >= 4 is 27.6 Å². The molecule has 9 heteroatoms. The van der Waals surface area contributed by atoms with Crippen molar-refractivity contribution in [3.8, 4) is 0 Å². The van der Waals surface area contributed by atoms with Gasteiger partial charge >= 0.3 is 5.97 Å². The number of sulfonamides is 1. The number of ether oxygens (including phenoxy) is 1. The average Bonchev–Trinajstić information content (AvgIpc) is 3.35. The molecule has 0 radical (unpaired) electrons. The van der Waals surface area contributed by atoms with Crippen LogP contribution in [0.3, 0.4) is 0 Å². The van der Waals surface area contributed by atoms with Crippen molar-refractivity contribution in [3.05, 3.63) is 82.8 Å². The van der Waals surface area contributed by atoms with Crippen LogP contribution < -0.4 is 10.0 Å². The standard InChI is InChI=1S/C25H28N2O6S/c1-4-18-8-6-9-19(5-2)24(18)27-23(28)16-33-25(29)22-14-21(12-11-17(22)3)34(30,31)26-15-20-10-7-13-32-20/h6-14,26H,4-5,15-16H2,1-3H3,(H,27,28). The first kappa shape index (κ1) is 25.2. The van der Waals surface area contributed by atoms with E-state index >= 15 is 0 Å². The maximum atomic E-state index is 12.7. The Morgan fingerprint density at radius 1 is 1.00 bits per heavy atom. The zero-order chi connectivity index (χ0) is 24.7. The van der Waals surface area contributed by atoms with Crippen LogP contribution in [-0.4, -0.2) is 26.9 Å². The summed E-state index contributed by atoms with van der Waals surface area (Å²) < 4.78 is 38.0. The SMILES string of the molecule is CCc1cccc(CC)c1NC(=O)COC(=O)c1cc(S(=O)(=O)NCc2ccco2)ccc1C. The van der Waals surface area contributed by atoms with Crippen molar-refractivity contribution in [2.24, 2.45) is 0 Å². The summed E-state index contributed by atoms with van der Waals surface area (Å²) in [5.41, 5.74) is 3.32. The normalized spacial score (nSPS) is 11.3. The second kappa shape index (κ2) is 11.1. The van der Waals surface area contributed by atoms with Gasteiger partial charge in [-0.1, -0.05) is 38.1 Å². The van der Waals surface area contributed by atoms with Crippen molar-refractivity contribution in [2.45, 2.75) is 45.1 Å². The average molecular weight is 485 g/mol. The number of aryl methyl sites for hydroxylation is 3. The molecule has 1 aromatic heterocycles. The number of esters is 1. The molecule has 0 aliphatic rings. The largest absolute Gasteiger partial charge is 0.468 e. The van der Waals surface area contributed by atoms with Gasteiger partial charge in [0.1, 0.15) is 5.76 Å². The zero-order valence-electron chi connectivity index (χ0n) is 19.4. The molecule has 1 heterocycles. The lowest BCUT2D eigenvalue weighted by Gasteiger charge is -2.15. The van der Waals surface area contributed by atoms with E-state index in [9.17, 15) is 18.0 Å². The summed E-state index contributed by atoms with van der Waals surface area (Å²) in [6.07, 6.45) is 2.94. The van der Waals surface area contributed by atoms with Crippen LogP contribution in [0, 0.1) is 6.92 Å². The smallest absolute Gasteiger partial charge is 0.338 e. The van der Waals surface area contributed by atoms with E-state index in [2.05, 4.69) is 10.0 Å². The second-order valence-electron chi connectivity index (χ2n) is 7.66. The molecule has 0 saturated carbocycles. The Hall–Kier alpha value is -3.43. The molecule has 34 heavy (non-hydrogen) atoms. The number of hydrogen-bond acceptors (Lipinski definition) is 6. The molecular weight excluding hydrogens is 456 g/mol. The summed E-state index contributed by atoms with van der Waals surface area (Å²) in [5, 5.41) is 2.84. The molecule has 180 valence electrons. The van der Waals surface area contributed by atoms with Crippen LogP contribution in [-0.2, 0) is 38.9 Å². The number of carbonyl (C=O) groups excluding carboxylic acids is 2. The number of anilines is 1. The van der Waals surface area contributed by atoms with Gasteiger partial charge in [0, 0.05) is 5.69 Å². The number of amides is 1. The summed E-state index contributed by atoms with van der Waals surface area (Å²) in [4.78, 5) is 25.1. The highest BCUT2D eigenvalue weighted by Crippen LogP contribution is 2.23. The van der Waals surface area contributed by atoms with Gasteiger partial charge in [-0.05, 0) is 60.7 Å². The number of rotatable bonds is 10. The fraction of sp³-hybridized carbons (Fsp3) is 0.280. The predicted molar refractivity (Wildman–Crippen MR) is 128 cm³/mol. The topological polar surface area (TPSA) is 115 Å². The van der Waals surface area contributed by atoms with Crippen LogP contribution in [0.4, 0.5) is 5.69 Å². The van der Waals surface area contributed by atoms with Gasteiger partial charge in [-0.15, -0.1) is 0 Å². The van der Waals surface area contributed by atoms with Crippen molar-refractivity contribution in [1.82, 2.24) is 4.72 Å². The number of benzene rings is 2. The summed E-state index contributed by atoms with van der Waals surface area (Å²) in [5.74, 6) is -0.794. The molecule has 1 amide bonds. The van der Waals surface area contributed by atoms with Gasteiger partial charge in [-0.2, -0.15) is 0 Å². The molecule has 0 atom stereocenters. The highest BCUT2D eigenvalue weighted by Gasteiger charge is 2.20. The summed E-state index contributed by atoms with van der Waals surface area (Å²) in [6, 6.07) is 13.3. The minimum atomic E-state index is -3.89. The van der Waals surface area contributed by atoms with Crippen molar-refractivity contribution in [2.75, 3.05) is 11.9 Å². The molecule has 3 aromatic rings. The number of hydrogen-bond donors (Lipinski definition) is 2. The Labute approximate surface area is 199 Å². The van der Waals surface area contributed by atoms with E-state index in [0.29, 0.717) is 11.3 Å². The summed E-state index contributed by atoms with van der Waals surface area (Å²) in [6.45, 7) is 5.14. The second-order valence-corrected chi connectivity index (χ2v) is 9.43. The van der Waals surface area contributed by atoms with Crippen molar-refractivity contribution in [3.63, 3.8) is 0 Å². The molecule has 2 N–H and O–H groups in total. The quantitative estimate of drug-likeness (QED) is 0.421. The van der Waals surface area contributed by atoms with Gasteiger partial charge in [-0.3, -0.25) is 4.79 Å². The van der Waals surface area contributed by atoms with Crippen molar-refractivity contribution in [1.29, 1.82) is 0 Å². The van der Waals surface area contributed by atoms with Gasteiger partial charge in [0.25, 0.3) is 5.91 Å². The van der Waals surface area contributed by atoms with Crippen LogP contribution in [0.25, 0.3) is 0 Å². The fourth-order valence-corrected chi connectivity index (χ4v) is 4.46. The molecule has 0 spiro atoms. The zero-order valence-corrected chi connectivity index (χ0v) is 20.2. The van der Waals surface area contributed by atoms with Crippen LogP contribution in [0.15, 0.2) is 64.1 Å². The Morgan fingerprint density at radius 2 is 1.71 bits per heavy atom. The Kier molecular flexibility index (Phi) is 8.25. The first-order chi connectivity index (χ1) is 16.2. The summed E-state index contributed by atoms with van der Waals surface area (Å²) >= 11 is 0. The molecule has 0 aliphatic heterocycles. The summed E-state index contributed by atoms with van der Waals surface area (Å²) in [7, 11) is -3.89.